The number of nitrogens with one attached hydrogen (secondary N) is 1. The molecule has 3 heterocycles. The van der Waals surface area contributed by atoms with Crippen molar-refractivity contribution in [3.05, 3.63) is 65.1 Å². The molecule has 136 valence electrons. The van der Waals surface area contributed by atoms with Crippen LogP contribution in [0.25, 0.3) is 17.1 Å². The summed E-state index contributed by atoms with van der Waals surface area (Å²) in [5.41, 5.74) is 2.68. The summed E-state index contributed by atoms with van der Waals surface area (Å²) in [5, 5.41) is 7.75. The Morgan fingerprint density at radius 3 is 2.85 bits per heavy atom. The number of rotatable bonds is 4. The highest BCUT2D eigenvalue weighted by Crippen LogP contribution is 2.28. The van der Waals surface area contributed by atoms with Gasteiger partial charge in [-0.2, -0.15) is 5.10 Å². The Kier molecular flexibility index (Phi) is 4.29. The van der Waals surface area contributed by atoms with Gasteiger partial charge < -0.3 is 14.5 Å². The maximum absolute atomic E-state index is 12.7. The lowest BCUT2D eigenvalue weighted by Crippen LogP contribution is -2.15. The molecule has 0 fully saturated rings. The van der Waals surface area contributed by atoms with E-state index in [1.54, 1.807) is 47.2 Å². The highest BCUT2D eigenvalue weighted by atomic mass is 35.5. The molecular formula is C19H15ClN4O3. The van der Waals surface area contributed by atoms with Gasteiger partial charge in [-0.15, -0.1) is 0 Å². The molecule has 1 aromatic carbocycles. The Morgan fingerprint density at radius 2 is 2.11 bits per heavy atom. The monoisotopic (exact) mass is 382 g/mol. The summed E-state index contributed by atoms with van der Waals surface area (Å²) in [6.07, 6.45) is 1.58. The number of methoxy groups -OCH3 is 1. The number of fused-ring (bicyclic) bond motifs is 1. The largest absolute Gasteiger partial charge is 0.495 e. The van der Waals surface area contributed by atoms with Crippen molar-refractivity contribution >= 4 is 28.8 Å². The van der Waals surface area contributed by atoms with Crippen molar-refractivity contribution in [1.29, 1.82) is 0 Å². The topological polar surface area (TPSA) is 81.7 Å². The first-order valence-corrected chi connectivity index (χ1v) is 8.49. The molecule has 0 radical (unpaired) electrons. The van der Waals surface area contributed by atoms with Crippen LogP contribution in [0.15, 0.2) is 53.1 Å². The molecule has 7 nitrogen and oxygen atoms in total. The van der Waals surface area contributed by atoms with E-state index in [1.165, 1.54) is 7.11 Å². The number of amides is 1. The van der Waals surface area contributed by atoms with Crippen LogP contribution in [-0.4, -0.2) is 27.6 Å². The minimum absolute atomic E-state index is 0.257. The number of nitrogens with zero attached hydrogens (tertiary/aromatic N) is 3. The zero-order valence-corrected chi connectivity index (χ0v) is 15.3. The van der Waals surface area contributed by atoms with E-state index in [2.05, 4.69) is 15.4 Å². The van der Waals surface area contributed by atoms with Crippen LogP contribution in [0.4, 0.5) is 5.69 Å². The number of carbonyl (C=O) groups is 1. The first kappa shape index (κ1) is 17.1. The molecule has 3 aromatic heterocycles. The summed E-state index contributed by atoms with van der Waals surface area (Å²) in [4.78, 5) is 17.1. The second-order valence-corrected chi connectivity index (χ2v) is 6.29. The third-order valence-electron chi connectivity index (χ3n) is 4.02. The Hall–Kier alpha value is -3.32. The van der Waals surface area contributed by atoms with Crippen molar-refractivity contribution < 1.29 is 13.9 Å². The zero-order chi connectivity index (χ0) is 19.0. The SMILES string of the molecule is COc1ccc(Cl)cc1NC(=O)c1cc(C)n2nc(-c3ccco3)cc2n1. The van der Waals surface area contributed by atoms with E-state index >= 15 is 0 Å². The van der Waals surface area contributed by atoms with Crippen LogP contribution >= 0.6 is 11.6 Å². The summed E-state index contributed by atoms with van der Waals surface area (Å²) in [5.74, 6) is 0.770. The summed E-state index contributed by atoms with van der Waals surface area (Å²) < 4.78 is 12.3. The van der Waals surface area contributed by atoms with Gasteiger partial charge in [0.15, 0.2) is 11.4 Å². The normalized spacial score (nSPS) is 10.9. The van der Waals surface area contributed by atoms with E-state index in [-0.39, 0.29) is 11.6 Å². The number of aromatic nitrogens is 3. The molecule has 0 aliphatic carbocycles. The molecule has 0 bridgehead atoms. The number of hydrogen-bond acceptors (Lipinski definition) is 5. The van der Waals surface area contributed by atoms with E-state index in [0.717, 1.165) is 5.69 Å². The molecule has 0 atom stereocenters. The first-order valence-electron chi connectivity index (χ1n) is 8.11. The number of benzene rings is 1. The average Bonchev–Trinajstić information content (AvgIpc) is 3.31. The second-order valence-electron chi connectivity index (χ2n) is 5.86. The third-order valence-corrected chi connectivity index (χ3v) is 4.26. The van der Waals surface area contributed by atoms with E-state index in [0.29, 0.717) is 33.6 Å². The fraction of sp³-hybridized carbons (Fsp3) is 0.105. The summed E-state index contributed by atoms with van der Waals surface area (Å²) in [7, 11) is 1.52. The van der Waals surface area contributed by atoms with Crippen molar-refractivity contribution in [1.82, 2.24) is 14.6 Å². The number of furan rings is 1. The minimum Gasteiger partial charge on any atom is -0.495 e. The van der Waals surface area contributed by atoms with Gasteiger partial charge in [0.1, 0.15) is 17.1 Å². The predicted molar refractivity (Wildman–Crippen MR) is 101 cm³/mol. The van der Waals surface area contributed by atoms with E-state index in [1.807, 2.05) is 13.0 Å². The number of aryl methyl sites for hydroxylation is 1. The Bertz CT molecular complexity index is 1140. The molecule has 0 spiro atoms. The highest BCUT2D eigenvalue weighted by molar-refractivity contribution is 6.31. The van der Waals surface area contributed by atoms with Crippen LogP contribution in [0.3, 0.4) is 0 Å². The number of carbonyl (C=O) groups excluding carboxylic acids is 1. The van der Waals surface area contributed by atoms with Gasteiger partial charge in [0.2, 0.25) is 0 Å². The summed E-state index contributed by atoms with van der Waals surface area (Å²) in [6, 6.07) is 12.0. The molecule has 0 saturated carbocycles. The highest BCUT2D eigenvalue weighted by Gasteiger charge is 2.16. The lowest BCUT2D eigenvalue weighted by Gasteiger charge is -2.10. The Morgan fingerprint density at radius 1 is 1.26 bits per heavy atom. The number of hydrogen-bond donors (Lipinski definition) is 1. The van der Waals surface area contributed by atoms with Gasteiger partial charge in [-0.05, 0) is 43.3 Å². The fourth-order valence-electron chi connectivity index (χ4n) is 2.75. The Labute approximate surface area is 159 Å². The van der Waals surface area contributed by atoms with Crippen LogP contribution < -0.4 is 10.1 Å². The third kappa shape index (κ3) is 3.24. The standard InChI is InChI=1S/C19H15ClN4O3/c1-11-8-15(19(25)22-13-9-12(20)5-6-16(13)26-2)21-18-10-14(23-24(11)18)17-4-3-7-27-17/h3-10H,1-2H3,(H,22,25). The first-order chi connectivity index (χ1) is 13.0. The quantitative estimate of drug-likeness (QED) is 0.571. The lowest BCUT2D eigenvalue weighted by atomic mass is 10.2. The van der Waals surface area contributed by atoms with Crippen molar-refractivity contribution in [2.45, 2.75) is 6.92 Å². The zero-order valence-electron chi connectivity index (χ0n) is 14.6. The van der Waals surface area contributed by atoms with Crippen LogP contribution in [0.2, 0.25) is 5.02 Å². The maximum atomic E-state index is 12.7. The van der Waals surface area contributed by atoms with Crippen molar-refractivity contribution in [2.75, 3.05) is 12.4 Å². The Balaban J connectivity index is 1.69. The van der Waals surface area contributed by atoms with Crippen LogP contribution in [0, 0.1) is 6.92 Å². The van der Waals surface area contributed by atoms with Crippen molar-refractivity contribution in [2.24, 2.45) is 0 Å². The molecule has 8 heteroatoms. The van der Waals surface area contributed by atoms with Crippen LogP contribution in [0.5, 0.6) is 5.75 Å². The van der Waals surface area contributed by atoms with Gasteiger partial charge >= 0.3 is 0 Å². The molecular weight excluding hydrogens is 368 g/mol. The second kappa shape index (κ2) is 6.77. The van der Waals surface area contributed by atoms with Crippen molar-refractivity contribution in [3.8, 4) is 17.2 Å². The number of ether oxygens (including phenoxy) is 1. The van der Waals surface area contributed by atoms with Gasteiger partial charge in [-0.25, -0.2) is 9.50 Å². The van der Waals surface area contributed by atoms with E-state index in [4.69, 9.17) is 20.8 Å². The predicted octanol–water partition coefficient (Wildman–Crippen LogP) is 4.21. The summed E-state index contributed by atoms with van der Waals surface area (Å²) >= 11 is 6.02. The maximum Gasteiger partial charge on any atom is 0.274 e. The number of anilines is 1. The molecule has 0 aliphatic heterocycles. The van der Waals surface area contributed by atoms with Gasteiger partial charge in [-0.3, -0.25) is 4.79 Å². The van der Waals surface area contributed by atoms with Gasteiger partial charge in [0.25, 0.3) is 5.91 Å². The fourth-order valence-corrected chi connectivity index (χ4v) is 2.92. The minimum atomic E-state index is -0.373. The molecule has 4 rings (SSSR count). The van der Waals surface area contributed by atoms with E-state index in [9.17, 15) is 4.79 Å². The van der Waals surface area contributed by atoms with Crippen molar-refractivity contribution in [3.63, 3.8) is 0 Å². The van der Waals surface area contributed by atoms with E-state index < -0.39 is 0 Å². The van der Waals surface area contributed by atoms with Gasteiger partial charge in [0.05, 0.1) is 19.1 Å². The number of halogens is 1. The lowest BCUT2D eigenvalue weighted by molar-refractivity contribution is 0.102. The van der Waals surface area contributed by atoms with Gasteiger partial charge in [-0.1, -0.05) is 11.6 Å². The molecule has 27 heavy (non-hydrogen) atoms. The average molecular weight is 383 g/mol. The van der Waals surface area contributed by atoms with Crippen LogP contribution in [-0.2, 0) is 0 Å². The summed E-state index contributed by atoms with van der Waals surface area (Å²) in [6.45, 7) is 1.85. The smallest absolute Gasteiger partial charge is 0.274 e. The molecule has 1 N–H and O–H groups in total. The molecule has 1 amide bonds. The molecule has 0 unspecified atom stereocenters. The molecule has 0 aliphatic rings. The molecule has 4 aromatic rings. The molecule has 0 saturated heterocycles. The van der Waals surface area contributed by atoms with Gasteiger partial charge in [0, 0.05) is 16.8 Å². The van der Waals surface area contributed by atoms with Crippen LogP contribution in [0.1, 0.15) is 16.2 Å².